The number of nitrogens with zero attached hydrogens (tertiary/aromatic N) is 6. The van der Waals surface area contributed by atoms with Crippen LogP contribution in [0.1, 0.15) is 49.3 Å². The van der Waals surface area contributed by atoms with E-state index in [2.05, 4.69) is 45.9 Å². The third-order valence-electron chi connectivity index (χ3n) is 6.61. The van der Waals surface area contributed by atoms with Gasteiger partial charge >= 0.3 is 0 Å². The van der Waals surface area contributed by atoms with Crippen LogP contribution in [0.4, 0.5) is 5.95 Å². The number of hydrogen-bond donors (Lipinski definition) is 0. The van der Waals surface area contributed by atoms with Gasteiger partial charge in [-0.2, -0.15) is 4.68 Å². The SMILES string of the molecule is CN(C(=O)CN1C(c2ccccc2)=CC(c2ccccc2)n2nnnc21)C1CCCCC1. The molecule has 1 amide bonds. The highest BCUT2D eigenvalue weighted by Crippen LogP contribution is 2.36. The number of carbonyl (C=O) groups is 1. The second-order valence-corrected chi connectivity index (χ2v) is 8.58. The Morgan fingerprint density at radius 2 is 1.69 bits per heavy atom. The lowest BCUT2D eigenvalue weighted by Gasteiger charge is -2.36. The van der Waals surface area contributed by atoms with Crippen molar-refractivity contribution in [2.24, 2.45) is 0 Å². The van der Waals surface area contributed by atoms with Gasteiger partial charge in [0.05, 0.1) is 5.70 Å². The summed E-state index contributed by atoms with van der Waals surface area (Å²) in [4.78, 5) is 17.2. The molecule has 0 bridgehead atoms. The maximum absolute atomic E-state index is 13.3. The number of amides is 1. The molecule has 32 heavy (non-hydrogen) atoms. The topological polar surface area (TPSA) is 67.2 Å². The van der Waals surface area contributed by atoms with Gasteiger partial charge in [0.15, 0.2) is 0 Å². The summed E-state index contributed by atoms with van der Waals surface area (Å²) in [6, 6.07) is 20.5. The molecule has 0 radical (unpaired) electrons. The van der Waals surface area contributed by atoms with E-state index in [4.69, 9.17) is 0 Å². The summed E-state index contributed by atoms with van der Waals surface area (Å²) in [5, 5.41) is 12.6. The van der Waals surface area contributed by atoms with Gasteiger partial charge < -0.3 is 4.90 Å². The molecule has 7 heteroatoms. The van der Waals surface area contributed by atoms with E-state index in [9.17, 15) is 4.79 Å². The van der Waals surface area contributed by atoms with Crippen molar-refractivity contribution in [3.05, 3.63) is 77.9 Å². The van der Waals surface area contributed by atoms with Crippen molar-refractivity contribution in [2.75, 3.05) is 18.5 Å². The van der Waals surface area contributed by atoms with Gasteiger partial charge in [0.25, 0.3) is 5.95 Å². The van der Waals surface area contributed by atoms with Crippen LogP contribution in [0.2, 0.25) is 0 Å². The molecule has 1 aliphatic carbocycles. The van der Waals surface area contributed by atoms with Crippen molar-refractivity contribution in [3.63, 3.8) is 0 Å². The maximum atomic E-state index is 13.3. The first-order valence-electron chi connectivity index (χ1n) is 11.4. The Kier molecular flexibility index (Phi) is 5.71. The summed E-state index contributed by atoms with van der Waals surface area (Å²) in [7, 11) is 1.93. The van der Waals surface area contributed by atoms with Gasteiger partial charge in [0.1, 0.15) is 12.6 Å². The zero-order chi connectivity index (χ0) is 21.9. The largest absolute Gasteiger partial charge is 0.341 e. The first-order valence-corrected chi connectivity index (χ1v) is 11.4. The number of anilines is 1. The summed E-state index contributed by atoms with van der Waals surface area (Å²) >= 11 is 0. The van der Waals surface area contributed by atoms with E-state index in [1.807, 2.05) is 53.2 Å². The molecule has 0 saturated heterocycles. The Bertz CT molecular complexity index is 1090. The minimum atomic E-state index is -0.140. The lowest BCUT2D eigenvalue weighted by Crippen LogP contribution is -2.45. The summed E-state index contributed by atoms with van der Waals surface area (Å²) in [5.41, 5.74) is 3.09. The molecule has 2 heterocycles. The number of carbonyl (C=O) groups excluding carboxylic acids is 1. The highest BCUT2D eigenvalue weighted by molar-refractivity contribution is 5.89. The highest BCUT2D eigenvalue weighted by Gasteiger charge is 2.33. The lowest BCUT2D eigenvalue weighted by molar-refractivity contribution is -0.130. The van der Waals surface area contributed by atoms with Crippen LogP contribution in [0.3, 0.4) is 0 Å². The molecular formula is C25H28N6O. The average Bonchev–Trinajstić information content (AvgIpc) is 3.35. The van der Waals surface area contributed by atoms with E-state index in [-0.39, 0.29) is 18.5 Å². The van der Waals surface area contributed by atoms with Crippen LogP contribution in [0, 0.1) is 0 Å². The van der Waals surface area contributed by atoms with E-state index in [1.165, 1.54) is 19.3 Å². The predicted molar refractivity (Wildman–Crippen MR) is 124 cm³/mol. The number of hydrogen-bond acceptors (Lipinski definition) is 5. The summed E-state index contributed by atoms with van der Waals surface area (Å²) in [5.74, 6) is 0.678. The minimum Gasteiger partial charge on any atom is -0.341 e. The fourth-order valence-corrected chi connectivity index (χ4v) is 4.79. The van der Waals surface area contributed by atoms with Crippen molar-refractivity contribution in [3.8, 4) is 0 Å². The van der Waals surface area contributed by atoms with Gasteiger partial charge in [-0.05, 0) is 40.5 Å². The monoisotopic (exact) mass is 428 g/mol. The van der Waals surface area contributed by atoms with Crippen molar-refractivity contribution in [2.45, 2.75) is 44.2 Å². The van der Waals surface area contributed by atoms with Crippen LogP contribution in [-0.2, 0) is 4.79 Å². The number of rotatable bonds is 5. The Hall–Kier alpha value is -3.48. The summed E-state index contributed by atoms with van der Waals surface area (Å²) in [6.07, 6.45) is 7.97. The maximum Gasteiger partial charge on any atom is 0.251 e. The van der Waals surface area contributed by atoms with E-state index in [0.717, 1.165) is 29.7 Å². The van der Waals surface area contributed by atoms with E-state index in [0.29, 0.717) is 12.0 Å². The zero-order valence-corrected chi connectivity index (χ0v) is 18.3. The van der Waals surface area contributed by atoms with Gasteiger partial charge in [-0.25, -0.2) is 0 Å². The molecule has 1 atom stereocenters. The van der Waals surface area contributed by atoms with Gasteiger partial charge in [0.2, 0.25) is 5.91 Å². The first kappa shape index (κ1) is 20.4. The smallest absolute Gasteiger partial charge is 0.251 e. The number of benzene rings is 2. The molecule has 5 rings (SSSR count). The first-order chi connectivity index (χ1) is 15.7. The number of allylic oxidation sites excluding steroid dienone is 1. The van der Waals surface area contributed by atoms with Gasteiger partial charge in [-0.15, -0.1) is 0 Å². The van der Waals surface area contributed by atoms with Gasteiger partial charge in [-0.3, -0.25) is 9.69 Å². The minimum absolute atomic E-state index is 0.0893. The molecule has 2 aliphatic rings. The van der Waals surface area contributed by atoms with Gasteiger partial charge in [-0.1, -0.05) is 85.0 Å². The number of aromatic nitrogens is 4. The summed E-state index contributed by atoms with van der Waals surface area (Å²) in [6.45, 7) is 0.204. The Morgan fingerprint density at radius 3 is 2.41 bits per heavy atom. The van der Waals surface area contributed by atoms with Crippen molar-refractivity contribution in [1.82, 2.24) is 25.1 Å². The molecule has 1 unspecified atom stereocenters. The standard InChI is InChI=1S/C25H28N6O/c1-29(21-15-9-4-10-16-21)24(32)18-30-22(19-11-5-2-6-12-19)17-23(20-13-7-3-8-14-20)31-25(30)26-27-28-31/h2-3,5-8,11-14,17,21,23H,4,9-10,15-16,18H2,1H3. The second kappa shape index (κ2) is 8.94. The third-order valence-corrected chi connectivity index (χ3v) is 6.61. The molecule has 1 aliphatic heterocycles. The molecule has 1 aromatic heterocycles. The van der Waals surface area contributed by atoms with Crippen LogP contribution in [0.5, 0.6) is 0 Å². The van der Waals surface area contributed by atoms with Crippen LogP contribution in [0.25, 0.3) is 5.70 Å². The third kappa shape index (κ3) is 3.90. The average molecular weight is 429 g/mol. The fourth-order valence-electron chi connectivity index (χ4n) is 4.79. The number of likely N-dealkylation sites (N-methyl/N-ethyl adjacent to an activating group) is 1. The summed E-state index contributed by atoms with van der Waals surface area (Å²) < 4.78 is 1.80. The highest BCUT2D eigenvalue weighted by atomic mass is 16.2. The van der Waals surface area contributed by atoms with E-state index >= 15 is 0 Å². The Labute approximate surface area is 188 Å². The number of tetrazole rings is 1. The van der Waals surface area contributed by atoms with E-state index < -0.39 is 0 Å². The quantitative estimate of drug-likeness (QED) is 0.616. The van der Waals surface area contributed by atoms with Crippen LogP contribution in [-0.4, -0.2) is 50.6 Å². The normalized spacial score (nSPS) is 18.7. The Morgan fingerprint density at radius 1 is 1.00 bits per heavy atom. The molecule has 164 valence electrons. The fraction of sp³-hybridized carbons (Fsp3) is 0.360. The molecular weight excluding hydrogens is 400 g/mol. The molecule has 7 nitrogen and oxygen atoms in total. The van der Waals surface area contributed by atoms with Crippen LogP contribution < -0.4 is 4.90 Å². The number of fused-ring (bicyclic) bond motifs is 1. The van der Waals surface area contributed by atoms with Crippen molar-refractivity contribution in [1.29, 1.82) is 0 Å². The zero-order valence-electron chi connectivity index (χ0n) is 18.3. The predicted octanol–water partition coefficient (Wildman–Crippen LogP) is 3.91. The van der Waals surface area contributed by atoms with Crippen molar-refractivity contribution >= 4 is 17.6 Å². The lowest BCUT2D eigenvalue weighted by atomic mass is 9.94. The molecule has 1 fully saturated rings. The van der Waals surface area contributed by atoms with Gasteiger partial charge in [0, 0.05) is 13.1 Å². The molecule has 2 aromatic carbocycles. The van der Waals surface area contributed by atoms with Crippen molar-refractivity contribution < 1.29 is 4.79 Å². The van der Waals surface area contributed by atoms with Crippen LogP contribution >= 0.6 is 0 Å². The van der Waals surface area contributed by atoms with E-state index in [1.54, 1.807) is 4.68 Å². The second-order valence-electron chi connectivity index (χ2n) is 8.58. The molecule has 3 aromatic rings. The van der Waals surface area contributed by atoms with Crippen LogP contribution in [0.15, 0.2) is 66.7 Å². The molecule has 0 N–H and O–H groups in total. The molecule has 1 saturated carbocycles. The molecule has 0 spiro atoms. The Balaban J connectivity index is 1.51.